The lowest BCUT2D eigenvalue weighted by atomic mass is 9.93. The van der Waals surface area contributed by atoms with Gasteiger partial charge in [-0.05, 0) is 37.8 Å². The Kier molecular flexibility index (Phi) is 3.48. The van der Waals surface area contributed by atoms with Crippen molar-refractivity contribution in [1.29, 1.82) is 0 Å². The van der Waals surface area contributed by atoms with E-state index in [-0.39, 0.29) is 17.8 Å². The first kappa shape index (κ1) is 15.1. The van der Waals surface area contributed by atoms with Crippen molar-refractivity contribution < 1.29 is 9.18 Å². The Morgan fingerprint density at radius 2 is 2.08 bits per heavy atom. The molecule has 2 aromatic rings. The van der Waals surface area contributed by atoms with Crippen LogP contribution in [0.1, 0.15) is 43.0 Å². The molecule has 0 bridgehead atoms. The van der Waals surface area contributed by atoms with Crippen molar-refractivity contribution in [2.24, 2.45) is 0 Å². The molecule has 1 aromatic heterocycles. The molecule has 0 spiro atoms. The van der Waals surface area contributed by atoms with E-state index >= 15 is 0 Å². The smallest absolute Gasteiger partial charge is 0.333 e. The van der Waals surface area contributed by atoms with Crippen LogP contribution in [0.5, 0.6) is 0 Å². The normalized spacial score (nSPS) is 21.7. The van der Waals surface area contributed by atoms with E-state index in [0.29, 0.717) is 30.6 Å². The van der Waals surface area contributed by atoms with Crippen molar-refractivity contribution in [2.75, 3.05) is 6.54 Å². The van der Waals surface area contributed by atoms with Crippen molar-refractivity contribution in [3.63, 3.8) is 0 Å². The van der Waals surface area contributed by atoms with Crippen molar-refractivity contribution in [2.45, 2.75) is 37.1 Å². The first-order valence-corrected chi connectivity index (χ1v) is 8.23. The first-order valence-electron chi connectivity index (χ1n) is 8.23. The summed E-state index contributed by atoms with van der Waals surface area (Å²) in [4.78, 5) is 32.8. The number of aromatic nitrogens is 2. The topological polar surface area (TPSA) is 66.1 Å². The van der Waals surface area contributed by atoms with Crippen molar-refractivity contribution >= 4 is 5.91 Å². The standard InChI is InChI=1S/C18H18FN3O2/c19-13-5-2-1-4-12(13)18(8-9-18)16(23)22-11-3-6-15(22)14-7-10-20-17(24)21-14/h1-2,4-5,7,10,15H,3,6,8-9,11H2,(H,20,21,24). The highest BCUT2D eigenvalue weighted by molar-refractivity contribution is 5.91. The molecule has 2 heterocycles. The van der Waals surface area contributed by atoms with Crippen molar-refractivity contribution in [3.05, 3.63) is 64.1 Å². The van der Waals surface area contributed by atoms with E-state index < -0.39 is 11.1 Å². The molecule has 5 nitrogen and oxygen atoms in total. The van der Waals surface area contributed by atoms with E-state index in [2.05, 4.69) is 9.97 Å². The summed E-state index contributed by atoms with van der Waals surface area (Å²) in [6.07, 6.45) is 4.46. The predicted octanol–water partition coefficient (Wildman–Crippen LogP) is 2.30. The maximum atomic E-state index is 14.2. The van der Waals surface area contributed by atoms with Crippen LogP contribution in [0.2, 0.25) is 0 Å². The number of likely N-dealkylation sites (tertiary alicyclic amines) is 1. The summed E-state index contributed by atoms with van der Waals surface area (Å²) >= 11 is 0. The number of nitrogens with one attached hydrogen (secondary N) is 1. The second kappa shape index (κ2) is 5.54. The summed E-state index contributed by atoms with van der Waals surface area (Å²) in [7, 11) is 0. The molecule has 24 heavy (non-hydrogen) atoms. The van der Waals surface area contributed by atoms with Gasteiger partial charge in [-0.25, -0.2) is 14.2 Å². The monoisotopic (exact) mass is 327 g/mol. The Morgan fingerprint density at radius 1 is 1.29 bits per heavy atom. The molecule has 6 heteroatoms. The molecule has 1 aliphatic carbocycles. The summed E-state index contributed by atoms with van der Waals surface area (Å²) in [5, 5.41) is 0. The van der Waals surface area contributed by atoms with Gasteiger partial charge >= 0.3 is 5.69 Å². The average molecular weight is 327 g/mol. The molecule has 1 saturated carbocycles. The fourth-order valence-electron chi connectivity index (χ4n) is 3.76. The Hall–Kier alpha value is -2.50. The van der Waals surface area contributed by atoms with E-state index in [1.807, 2.05) is 0 Å². The molecule has 1 aromatic carbocycles. The molecular weight excluding hydrogens is 309 g/mol. The maximum absolute atomic E-state index is 14.2. The number of benzene rings is 1. The lowest BCUT2D eigenvalue weighted by Gasteiger charge is -2.29. The van der Waals surface area contributed by atoms with Gasteiger partial charge in [-0.15, -0.1) is 0 Å². The molecule has 1 aliphatic heterocycles. The average Bonchev–Trinajstić information content (AvgIpc) is 3.23. The summed E-state index contributed by atoms with van der Waals surface area (Å²) in [5.74, 6) is -0.357. The lowest BCUT2D eigenvalue weighted by molar-refractivity contribution is -0.135. The highest BCUT2D eigenvalue weighted by Gasteiger charge is 2.55. The number of rotatable bonds is 3. The van der Waals surface area contributed by atoms with Gasteiger partial charge in [-0.3, -0.25) is 4.79 Å². The maximum Gasteiger partial charge on any atom is 0.345 e. The fourth-order valence-corrected chi connectivity index (χ4v) is 3.76. The number of H-pyrrole nitrogens is 1. The van der Waals surface area contributed by atoms with E-state index in [1.54, 1.807) is 29.2 Å². The second-order valence-electron chi connectivity index (χ2n) is 6.55. The van der Waals surface area contributed by atoms with Gasteiger partial charge < -0.3 is 9.88 Å². The zero-order valence-corrected chi connectivity index (χ0v) is 13.2. The zero-order chi connectivity index (χ0) is 16.7. The summed E-state index contributed by atoms with van der Waals surface area (Å²) in [6, 6.07) is 8.09. The number of nitrogens with zero attached hydrogens (tertiary/aromatic N) is 2. The molecule has 0 radical (unpaired) electrons. The number of carbonyl (C=O) groups excluding carboxylic acids is 1. The van der Waals surface area contributed by atoms with Crippen LogP contribution in [-0.2, 0) is 10.2 Å². The van der Waals surface area contributed by atoms with Crippen LogP contribution in [0.4, 0.5) is 4.39 Å². The van der Waals surface area contributed by atoms with E-state index in [1.165, 1.54) is 12.3 Å². The summed E-state index contributed by atoms with van der Waals surface area (Å²) < 4.78 is 14.2. The summed E-state index contributed by atoms with van der Waals surface area (Å²) in [5.41, 5.74) is 0.0393. The minimum absolute atomic E-state index is 0.0345. The number of amides is 1. The van der Waals surface area contributed by atoms with Crippen LogP contribution >= 0.6 is 0 Å². The molecule has 1 N–H and O–H groups in total. The molecular formula is C18H18FN3O2. The zero-order valence-electron chi connectivity index (χ0n) is 13.2. The first-order chi connectivity index (χ1) is 11.6. The van der Waals surface area contributed by atoms with Gasteiger partial charge in [-0.2, -0.15) is 0 Å². The van der Waals surface area contributed by atoms with E-state index in [4.69, 9.17) is 0 Å². The number of carbonyl (C=O) groups is 1. The largest absolute Gasteiger partial charge is 0.345 e. The minimum Gasteiger partial charge on any atom is -0.333 e. The third-order valence-electron chi connectivity index (χ3n) is 5.12. The SMILES string of the molecule is O=C(N1CCCC1c1ccnc(=O)[nH]1)C1(c2ccccc2F)CC1. The molecule has 124 valence electrons. The predicted molar refractivity (Wildman–Crippen MR) is 85.9 cm³/mol. The minimum atomic E-state index is -0.735. The van der Waals surface area contributed by atoms with Crippen molar-refractivity contribution in [3.8, 4) is 0 Å². The molecule has 1 atom stereocenters. The van der Waals surface area contributed by atoms with Crippen LogP contribution in [0, 0.1) is 5.82 Å². The molecule has 1 unspecified atom stereocenters. The Bertz CT molecular complexity index is 844. The highest BCUT2D eigenvalue weighted by Crippen LogP contribution is 2.52. The van der Waals surface area contributed by atoms with Gasteiger partial charge in [0.1, 0.15) is 5.82 Å². The van der Waals surface area contributed by atoms with E-state index in [9.17, 15) is 14.0 Å². The van der Waals surface area contributed by atoms with Gasteiger partial charge in [0.2, 0.25) is 5.91 Å². The fraction of sp³-hybridized carbons (Fsp3) is 0.389. The van der Waals surface area contributed by atoms with Crippen LogP contribution in [0.15, 0.2) is 41.3 Å². The third-order valence-corrected chi connectivity index (χ3v) is 5.12. The lowest BCUT2D eigenvalue weighted by Crippen LogP contribution is -2.39. The Labute approximate surface area is 138 Å². The van der Waals surface area contributed by atoms with Crippen LogP contribution in [0.3, 0.4) is 0 Å². The summed E-state index contributed by atoms with van der Waals surface area (Å²) in [6.45, 7) is 0.629. The molecule has 4 rings (SSSR count). The van der Waals surface area contributed by atoms with Gasteiger partial charge in [0.15, 0.2) is 0 Å². The third kappa shape index (κ3) is 2.33. The molecule has 1 saturated heterocycles. The number of halogens is 1. The Balaban J connectivity index is 1.67. The Morgan fingerprint density at radius 3 is 2.79 bits per heavy atom. The number of hydrogen-bond acceptors (Lipinski definition) is 3. The van der Waals surface area contributed by atoms with Gasteiger partial charge in [0.25, 0.3) is 0 Å². The molecule has 1 amide bonds. The van der Waals surface area contributed by atoms with Crippen molar-refractivity contribution in [1.82, 2.24) is 14.9 Å². The van der Waals surface area contributed by atoms with E-state index in [0.717, 1.165) is 12.8 Å². The van der Waals surface area contributed by atoms with Gasteiger partial charge in [0, 0.05) is 24.0 Å². The highest BCUT2D eigenvalue weighted by atomic mass is 19.1. The van der Waals surface area contributed by atoms with Gasteiger partial charge in [-0.1, -0.05) is 18.2 Å². The van der Waals surface area contributed by atoms with Gasteiger partial charge in [0.05, 0.1) is 11.5 Å². The molecule has 2 fully saturated rings. The van der Waals surface area contributed by atoms with Crippen LogP contribution in [-0.4, -0.2) is 27.3 Å². The second-order valence-corrected chi connectivity index (χ2v) is 6.55. The molecule has 2 aliphatic rings. The van der Waals surface area contributed by atoms with Crippen LogP contribution in [0.25, 0.3) is 0 Å². The van der Waals surface area contributed by atoms with Crippen LogP contribution < -0.4 is 5.69 Å². The quantitative estimate of drug-likeness (QED) is 0.941. The number of hydrogen-bond donors (Lipinski definition) is 1. The number of aromatic amines is 1.